The number of nitrogens with zero attached hydrogens (tertiary/aromatic N) is 1. The molecule has 0 rings (SSSR count). The minimum atomic E-state index is -0.552. The molecule has 0 amide bonds. The molecule has 0 aromatic carbocycles. The largest absolute Gasteiger partial charge is 0.465 e. The van der Waals surface area contributed by atoms with Crippen molar-refractivity contribution in [1.29, 1.82) is 0 Å². The average molecular weight is 286 g/mol. The number of carbonyl (C=O) groups is 1. The van der Waals surface area contributed by atoms with Crippen LogP contribution in [0.1, 0.15) is 53.9 Å². The number of hydrogen-bond donors (Lipinski definition) is 1. The normalized spacial score (nSPS) is 14.6. The number of nitrogens with one attached hydrogen (secondary N) is 1. The Labute approximate surface area is 125 Å². The third-order valence-electron chi connectivity index (χ3n) is 3.60. The van der Waals surface area contributed by atoms with Gasteiger partial charge in [0.1, 0.15) is 5.54 Å². The first-order chi connectivity index (χ1) is 9.35. The first kappa shape index (κ1) is 19.4. The van der Waals surface area contributed by atoms with Crippen molar-refractivity contribution in [3.05, 3.63) is 0 Å². The molecule has 0 bridgehead atoms. The van der Waals surface area contributed by atoms with Crippen molar-refractivity contribution >= 4 is 5.97 Å². The van der Waals surface area contributed by atoms with Crippen LogP contribution in [0.15, 0.2) is 0 Å². The molecule has 1 unspecified atom stereocenters. The second-order valence-corrected chi connectivity index (χ2v) is 6.17. The Morgan fingerprint density at radius 1 is 1.30 bits per heavy atom. The van der Waals surface area contributed by atoms with Crippen LogP contribution in [0.3, 0.4) is 0 Å². The summed E-state index contributed by atoms with van der Waals surface area (Å²) in [6.07, 6.45) is 3.03. The predicted octanol–water partition coefficient (Wildman–Crippen LogP) is 2.68. The molecule has 4 heteroatoms. The van der Waals surface area contributed by atoms with Crippen LogP contribution in [-0.4, -0.2) is 49.7 Å². The smallest absolute Gasteiger partial charge is 0.326 e. The lowest BCUT2D eigenvalue weighted by Crippen LogP contribution is -2.50. The van der Waals surface area contributed by atoms with Gasteiger partial charge in [-0.25, -0.2) is 0 Å². The monoisotopic (exact) mass is 286 g/mol. The molecule has 1 atom stereocenters. The number of ether oxygens (including phenoxy) is 1. The van der Waals surface area contributed by atoms with Gasteiger partial charge in [-0.1, -0.05) is 20.8 Å². The molecule has 4 nitrogen and oxygen atoms in total. The van der Waals surface area contributed by atoms with Gasteiger partial charge in [0.15, 0.2) is 0 Å². The number of carbonyl (C=O) groups excluding carboxylic acids is 1. The fraction of sp³-hybridized carbons (Fsp3) is 0.938. The summed E-state index contributed by atoms with van der Waals surface area (Å²) in [4.78, 5) is 14.4. The second kappa shape index (κ2) is 10.2. The molecule has 0 heterocycles. The van der Waals surface area contributed by atoms with Crippen LogP contribution in [0, 0.1) is 5.92 Å². The summed E-state index contributed by atoms with van der Waals surface area (Å²) in [5.74, 6) is 0.607. The van der Waals surface area contributed by atoms with Gasteiger partial charge in [-0.2, -0.15) is 0 Å². The van der Waals surface area contributed by atoms with E-state index in [4.69, 9.17) is 4.74 Å². The minimum Gasteiger partial charge on any atom is -0.465 e. The summed E-state index contributed by atoms with van der Waals surface area (Å²) in [7, 11) is 2.15. The van der Waals surface area contributed by atoms with E-state index in [1.165, 1.54) is 6.42 Å². The molecule has 0 aromatic heterocycles. The number of likely N-dealkylation sites (N-methyl/N-ethyl adjacent to an activating group) is 1. The number of hydrogen-bond acceptors (Lipinski definition) is 4. The molecular formula is C16H34N2O2. The first-order valence-electron chi connectivity index (χ1n) is 7.96. The van der Waals surface area contributed by atoms with E-state index in [0.29, 0.717) is 6.61 Å². The molecule has 0 saturated carbocycles. The summed E-state index contributed by atoms with van der Waals surface area (Å²) >= 11 is 0. The highest BCUT2D eigenvalue weighted by atomic mass is 16.5. The fourth-order valence-electron chi connectivity index (χ4n) is 2.24. The van der Waals surface area contributed by atoms with Gasteiger partial charge in [0.2, 0.25) is 0 Å². The third-order valence-corrected chi connectivity index (χ3v) is 3.60. The maximum Gasteiger partial charge on any atom is 0.326 e. The maximum atomic E-state index is 12.0. The Morgan fingerprint density at radius 2 is 1.95 bits per heavy atom. The summed E-state index contributed by atoms with van der Waals surface area (Å²) < 4.78 is 5.18. The van der Waals surface area contributed by atoms with Crippen LogP contribution >= 0.6 is 0 Å². The van der Waals surface area contributed by atoms with Crippen LogP contribution in [0.5, 0.6) is 0 Å². The lowest BCUT2D eigenvalue weighted by atomic mass is 9.95. The molecular weight excluding hydrogens is 252 g/mol. The molecule has 0 aromatic rings. The predicted molar refractivity (Wildman–Crippen MR) is 84.9 cm³/mol. The Kier molecular flexibility index (Phi) is 9.86. The molecule has 0 fully saturated rings. The van der Waals surface area contributed by atoms with Crippen LogP contribution in [0.4, 0.5) is 0 Å². The van der Waals surface area contributed by atoms with E-state index in [-0.39, 0.29) is 5.97 Å². The van der Waals surface area contributed by atoms with Crippen molar-refractivity contribution in [1.82, 2.24) is 10.2 Å². The van der Waals surface area contributed by atoms with Gasteiger partial charge < -0.3 is 15.0 Å². The molecule has 0 radical (unpaired) electrons. The number of rotatable bonds is 11. The van der Waals surface area contributed by atoms with Gasteiger partial charge in [-0.3, -0.25) is 4.79 Å². The van der Waals surface area contributed by atoms with Gasteiger partial charge in [-0.05, 0) is 65.7 Å². The zero-order valence-corrected chi connectivity index (χ0v) is 14.3. The van der Waals surface area contributed by atoms with E-state index in [2.05, 4.69) is 31.1 Å². The van der Waals surface area contributed by atoms with Crippen molar-refractivity contribution in [3.8, 4) is 0 Å². The zero-order chi connectivity index (χ0) is 15.6. The lowest BCUT2D eigenvalue weighted by Gasteiger charge is -2.29. The summed E-state index contributed by atoms with van der Waals surface area (Å²) in [5.41, 5.74) is -0.552. The van der Waals surface area contributed by atoms with Crippen molar-refractivity contribution < 1.29 is 9.53 Å². The van der Waals surface area contributed by atoms with E-state index in [0.717, 1.165) is 38.4 Å². The van der Waals surface area contributed by atoms with Crippen molar-refractivity contribution in [2.75, 3.05) is 33.3 Å². The summed E-state index contributed by atoms with van der Waals surface area (Å²) in [5, 5.41) is 3.27. The van der Waals surface area contributed by atoms with Gasteiger partial charge in [0.05, 0.1) is 6.61 Å². The Balaban J connectivity index is 4.17. The van der Waals surface area contributed by atoms with E-state index >= 15 is 0 Å². The van der Waals surface area contributed by atoms with Gasteiger partial charge in [-0.15, -0.1) is 0 Å². The van der Waals surface area contributed by atoms with Crippen LogP contribution < -0.4 is 5.32 Å². The highest BCUT2D eigenvalue weighted by Gasteiger charge is 2.33. The Morgan fingerprint density at radius 3 is 2.45 bits per heavy atom. The highest BCUT2D eigenvalue weighted by molar-refractivity contribution is 5.80. The van der Waals surface area contributed by atoms with Crippen molar-refractivity contribution in [2.24, 2.45) is 5.92 Å². The lowest BCUT2D eigenvalue weighted by molar-refractivity contribution is -0.150. The van der Waals surface area contributed by atoms with Gasteiger partial charge in [0.25, 0.3) is 0 Å². The third kappa shape index (κ3) is 7.85. The molecule has 0 spiro atoms. The van der Waals surface area contributed by atoms with Crippen molar-refractivity contribution in [3.63, 3.8) is 0 Å². The molecule has 120 valence electrons. The van der Waals surface area contributed by atoms with Gasteiger partial charge in [0, 0.05) is 0 Å². The summed E-state index contributed by atoms with van der Waals surface area (Å²) in [6.45, 7) is 13.7. The van der Waals surface area contributed by atoms with Crippen molar-refractivity contribution in [2.45, 2.75) is 59.4 Å². The number of esters is 1. The van der Waals surface area contributed by atoms with E-state index < -0.39 is 5.54 Å². The minimum absolute atomic E-state index is 0.133. The standard InChI is InChI=1S/C16H34N2O2/c1-7-17-16(5,15(19)20-8-2)11-9-12-18(6)13-10-14(3)4/h14,17H,7-13H2,1-6H3. The Bertz CT molecular complexity index is 269. The molecule has 0 aliphatic heterocycles. The van der Waals surface area contributed by atoms with Crippen LogP contribution in [-0.2, 0) is 9.53 Å². The summed E-state index contributed by atoms with van der Waals surface area (Å²) in [6, 6.07) is 0. The van der Waals surface area contributed by atoms with E-state index in [1.807, 2.05) is 20.8 Å². The molecule has 0 aliphatic carbocycles. The molecule has 1 N–H and O–H groups in total. The zero-order valence-electron chi connectivity index (χ0n) is 14.3. The second-order valence-electron chi connectivity index (χ2n) is 6.17. The average Bonchev–Trinajstić information content (AvgIpc) is 2.37. The van der Waals surface area contributed by atoms with Gasteiger partial charge >= 0.3 is 5.97 Å². The van der Waals surface area contributed by atoms with E-state index in [9.17, 15) is 4.79 Å². The Hall–Kier alpha value is -0.610. The highest BCUT2D eigenvalue weighted by Crippen LogP contribution is 2.15. The molecule has 0 aliphatic rings. The quantitative estimate of drug-likeness (QED) is 0.593. The SMILES string of the molecule is CCNC(C)(CCCN(C)CCC(C)C)C(=O)OCC. The first-order valence-corrected chi connectivity index (χ1v) is 7.96. The maximum absolute atomic E-state index is 12.0. The topological polar surface area (TPSA) is 41.6 Å². The molecule has 20 heavy (non-hydrogen) atoms. The molecule has 0 saturated heterocycles. The van der Waals surface area contributed by atoms with Crippen LogP contribution in [0.2, 0.25) is 0 Å². The van der Waals surface area contributed by atoms with E-state index in [1.54, 1.807) is 0 Å². The van der Waals surface area contributed by atoms with Crippen LogP contribution in [0.25, 0.3) is 0 Å². The fourth-order valence-corrected chi connectivity index (χ4v) is 2.24.